The Morgan fingerprint density at radius 2 is 2.00 bits per heavy atom. The van der Waals surface area contributed by atoms with Gasteiger partial charge in [-0.2, -0.15) is 0 Å². The van der Waals surface area contributed by atoms with Crippen LogP contribution in [0.5, 0.6) is 0 Å². The first-order valence-electron chi connectivity index (χ1n) is 6.62. The van der Waals surface area contributed by atoms with Crippen LogP contribution in [0.25, 0.3) is 0 Å². The van der Waals surface area contributed by atoms with Gasteiger partial charge >= 0.3 is 0 Å². The van der Waals surface area contributed by atoms with Crippen molar-refractivity contribution >= 4 is 0 Å². The molecule has 0 aliphatic carbocycles. The summed E-state index contributed by atoms with van der Waals surface area (Å²) in [7, 11) is 0. The average molecular weight is 264 g/mol. The van der Waals surface area contributed by atoms with Crippen LogP contribution >= 0.6 is 0 Å². The molecule has 0 aliphatic heterocycles. The van der Waals surface area contributed by atoms with Crippen molar-refractivity contribution < 1.29 is 14.6 Å². The van der Waals surface area contributed by atoms with Crippen LogP contribution < -0.4 is 0 Å². The molecule has 1 atom stereocenters. The molecule has 0 aliphatic rings. The molecule has 1 unspecified atom stereocenters. The zero-order chi connectivity index (χ0) is 14.1. The zero-order valence-electron chi connectivity index (χ0n) is 11.8. The minimum atomic E-state index is -0.595. The van der Waals surface area contributed by atoms with Gasteiger partial charge in [0.15, 0.2) is 6.29 Å². The molecule has 0 fully saturated rings. The zero-order valence-corrected chi connectivity index (χ0v) is 11.8. The summed E-state index contributed by atoms with van der Waals surface area (Å²) < 4.78 is 11.6. The van der Waals surface area contributed by atoms with E-state index in [4.69, 9.17) is 9.47 Å². The summed E-state index contributed by atoms with van der Waals surface area (Å²) in [6, 6.07) is 9.97. The van der Waals surface area contributed by atoms with E-state index in [-0.39, 0.29) is 12.9 Å². The highest BCUT2D eigenvalue weighted by Crippen LogP contribution is 2.17. The predicted molar refractivity (Wildman–Crippen MR) is 76.7 cm³/mol. The summed E-state index contributed by atoms with van der Waals surface area (Å²) in [6.07, 6.45) is 3.06. The lowest BCUT2D eigenvalue weighted by Crippen LogP contribution is -2.35. The van der Waals surface area contributed by atoms with E-state index in [0.29, 0.717) is 6.61 Å². The largest absolute Gasteiger partial charge is 0.393 e. The van der Waals surface area contributed by atoms with Crippen LogP contribution in [-0.4, -0.2) is 23.6 Å². The second-order valence-electron chi connectivity index (χ2n) is 5.13. The molecule has 1 aromatic rings. The molecule has 1 rings (SSSR count). The molecule has 0 aromatic heterocycles. The van der Waals surface area contributed by atoms with Crippen LogP contribution in [0.2, 0.25) is 0 Å². The quantitative estimate of drug-likeness (QED) is 0.549. The summed E-state index contributed by atoms with van der Waals surface area (Å²) in [5.41, 5.74) is 0.513. The maximum absolute atomic E-state index is 9.25. The number of aliphatic hydroxyl groups excluding tert-OH is 1. The van der Waals surface area contributed by atoms with Crippen molar-refractivity contribution in [1.82, 2.24) is 0 Å². The highest BCUT2D eigenvalue weighted by Gasteiger charge is 2.23. The Labute approximate surface area is 115 Å². The van der Waals surface area contributed by atoms with Gasteiger partial charge in [-0.25, -0.2) is 0 Å². The van der Waals surface area contributed by atoms with Crippen LogP contribution in [0.4, 0.5) is 0 Å². The van der Waals surface area contributed by atoms with E-state index in [1.807, 2.05) is 50.3 Å². The van der Waals surface area contributed by atoms with Gasteiger partial charge in [0, 0.05) is 6.42 Å². The SMILES string of the molecule is C=CCCC(OCc1ccccc1)OC(C)(C)CO. The predicted octanol–water partition coefficient (Wildman–Crippen LogP) is 3.28. The fraction of sp³-hybridized carbons (Fsp3) is 0.500. The van der Waals surface area contributed by atoms with Crippen molar-refractivity contribution in [2.45, 2.75) is 45.2 Å². The normalized spacial score (nSPS) is 13.2. The maximum atomic E-state index is 9.25. The van der Waals surface area contributed by atoms with Crippen molar-refractivity contribution in [3.8, 4) is 0 Å². The van der Waals surface area contributed by atoms with Gasteiger partial charge in [-0.1, -0.05) is 36.4 Å². The Kier molecular flexibility index (Phi) is 6.78. The van der Waals surface area contributed by atoms with Gasteiger partial charge in [0.1, 0.15) is 0 Å². The molecular weight excluding hydrogens is 240 g/mol. The molecule has 0 heterocycles. The summed E-state index contributed by atoms with van der Waals surface area (Å²) in [4.78, 5) is 0. The maximum Gasteiger partial charge on any atom is 0.159 e. The molecule has 0 amide bonds. The van der Waals surface area contributed by atoms with E-state index in [1.54, 1.807) is 0 Å². The number of allylic oxidation sites excluding steroid dienone is 1. The van der Waals surface area contributed by atoms with E-state index in [0.717, 1.165) is 18.4 Å². The van der Waals surface area contributed by atoms with Crippen molar-refractivity contribution in [3.05, 3.63) is 48.6 Å². The lowest BCUT2D eigenvalue weighted by Gasteiger charge is -2.29. The first-order valence-corrected chi connectivity index (χ1v) is 6.62. The van der Waals surface area contributed by atoms with Crippen molar-refractivity contribution in [1.29, 1.82) is 0 Å². The molecule has 106 valence electrons. The van der Waals surface area contributed by atoms with E-state index >= 15 is 0 Å². The van der Waals surface area contributed by atoms with Crippen LogP contribution in [0, 0.1) is 0 Å². The first-order chi connectivity index (χ1) is 9.07. The van der Waals surface area contributed by atoms with E-state index < -0.39 is 5.60 Å². The molecule has 1 N–H and O–H groups in total. The molecular formula is C16H24O3. The molecule has 0 radical (unpaired) electrons. The minimum absolute atomic E-state index is 0.0354. The third-order valence-corrected chi connectivity index (χ3v) is 2.72. The van der Waals surface area contributed by atoms with Crippen LogP contribution in [0.15, 0.2) is 43.0 Å². The Morgan fingerprint density at radius 3 is 2.58 bits per heavy atom. The summed E-state index contributed by atoms with van der Waals surface area (Å²) in [6.45, 7) is 7.87. The minimum Gasteiger partial charge on any atom is -0.393 e. The van der Waals surface area contributed by atoms with Gasteiger partial charge in [-0.15, -0.1) is 6.58 Å². The highest BCUT2D eigenvalue weighted by atomic mass is 16.7. The van der Waals surface area contributed by atoms with Gasteiger partial charge in [0.2, 0.25) is 0 Å². The molecule has 0 bridgehead atoms. The molecule has 1 aromatic carbocycles. The van der Waals surface area contributed by atoms with E-state index in [9.17, 15) is 5.11 Å². The van der Waals surface area contributed by atoms with Gasteiger partial charge in [0.25, 0.3) is 0 Å². The van der Waals surface area contributed by atoms with Crippen LogP contribution in [0.3, 0.4) is 0 Å². The van der Waals surface area contributed by atoms with Crippen molar-refractivity contribution in [2.75, 3.05) is 6.61 Å². The Hall–Kier alpha value is -1.16. The lowest BCUT2D eigenvalue weighted by atomic mass is 10.1. The monoisotopic (exact) mass is 264 g/mol. The number of benzene rings is 1. The van der Waals surface area contributed by atoms with E-state index in [2.05, 4.69) is 6.58 Å². The molecule has 3 nitrogen and oxygen atoms in total. The second-order valence-corrected chi connectivity index (χ2v) is 5.13. The molecule has 0 saturated carbocycles. The number of ether oxygens (including phenoxy) is 2. The molecule has 3 heteroatoms. The Balaban J connectivity index is 2.51. The third kappa shape index (κ3) is 6.53. The second kappa shape index (κ2) is 8.10. The molecule has 0 saturated heterocycles. The van der Waals surface area contributed by atoms with Crippen molar-refractivity contribution in [2.24, 2.45) is 0 Å². The summed E-state index contributed by atoms with van der Waals surface area (Å²) in [5, 5.41) is 9.25. The fourth-order valence-corrected chi connectivity index (χ4v) is 1.59. The lowest BCUT2D eigenvalue weighted by molar-refractivity contribution is -0.217. The number of hydrogen-bond donors (Lipinski definition) is 1. The van der Waals surface area contributed by atoms with Gasteiger partial charge in [-0.05, 0) is 25.8 Å². The number of aliphatic hydroxyl groups is 1. The van der Waals surface area contributed by atoms with E-state index in [1.165, 1.54) is 0 Å². The standard InChI is InChI=1S/C16H24O3/c1-4-5-11-15(19-16(2,3)13-17)18-12-14-9-7-6-8-10-14/h4,6-10,15,17H,1,5,11-13H2,2-3H3. The molecule has 0 spiro atoms. The van der Waals surface area contributed by atoms with Gasteiger partial charge in [0.05, 0.1) is 18.8 Å². The smallest absolute Gasteiger partial charge is 0.159 e. The Bertz CT molecular complexity index is 360. The average Bonchev–Trinajstić information content (AvgIpc) is 2.43. The fourth-order valence-electron chi connectivity index (χ4n) is 1.59. The van der Waals surface area contributed by atoms with Gasteiger partial charge < -0.3 is 14.6 Å². The first kappa shape index (κ1) is 15.9. The number of rotatable bonds is 9. The Morgan fingerprint density at radius 1 is 1.32 bits per heavy atom. The van der Waals surface area contributed by atoms with Crippen LogP contribution in [-0.2, 0) is 16.1 Å². The summed E-state index contributed by atoms with van der Waals surface area (Å²) in [5.74, 6) is 0. The third-order valence-electron chi connectivity index (χ3n) is 2.72. The highest BCUT2D eigenvalue weighted by molar-refractivity contribution is 5.13. The number of hydrogen-bond acceptors (Lipinski definition) is 3. The topological polar surface area (TPSA) is 38.7 Å². The van der Waals surface area contributed by atoms with Crippen LogP contribution in [0.1, 0.15) is 32.3 Å². The summed E-state index contributed by atoms with van der Waals surface area (Å²) >= 11 is 0. The van der Waals surface area contributed by atoms with Crippen molar-refractivity contribution in [3.63, 3.8) is 0 Å². The van der Waals surface area contributed by atoms with Gasteiger partial charge in [-0.3, -0.25) is 0 Å². The molecule has 19 heavy (non-hydrogen) atoms.